The van der Waals surface area contributed by atoms with E-state index < -0.39 is 6.10 Å². The summed E-state index contributed by atoms with van der Waals surface area (Å²) in [6, 6.07) is 6.23. The molecule has 0 aliphatic carbocycles. The molecule has 0 spiro atoms. The van der Waals surface area contributed by atoms with Crippen molar-refractivity contribution < 1.29 is 9.50 Å². The fourth-order valence-corrected chi connectivity index (χ4v) is 2.43. The van der Waals surface area contributed by atoms with Crippen molar-refractivity contribution in [2.75, 3.05) is 0 Å². The van der Waals surface area contributed by atoms with Gasteiger partial charge in [0.25, 0.3) is 0 Å². The van der Waals surface area contributed by atoms with E-state index in [1.807, 2.05) is 20.0 Å². The molecule has 5 heteroatoms. The number of hydrogen-bond donors (Lipinski definition) is 1. The summed E-state index contributed by atoms with van der Waals surface area (Å²) in [4.78, 5) is 0. The third kappa shape index (κ3) is 3.58. The standard InChI is InChI=1S/C15H18ClFN2O/c1-3-12-8-13(19(2)18-12)9-14(20)6-10-4-5-11(17)7-15(10)16/h4-5,7-8,14,20H,3,6,9H2,1-2H3. The van der Waals surface area contributed by atoms with E-state index in [1.54, 1.807) is 10.7 Å². The van der Waals surface area contributed by atoms with Crippen molar-refractivity contribution in [3.05, 3.63) is 52.1 Å². The molecule has 2 rings (SSSR count). The Morgan fingerprint density at radius 3 is 2.70 bits per heavy atom. The number of aliphatic hydroxyl groups excluding tert-OH is 1. The van der Waals surface area contributed by atoms with Crippen LogP contribution in [0.2, 0.25) is 5.02 Å². The van der Waals surface area contributed by atoms with Crippen LogP contribution in [-0.4, -0.2) is 21.0 Å². The third-order valence-electron chi connectivity index (χ3n) is 3.30. The molecule has 20 heavy (non-hydrogen) atoms. The lowest BCUT2D eigenvalue weighted by molar-refractivity contribution is 0.173. The quantitative estimate of drug-likeness (QED) is 0.921. The maximum atomic E-state index is 13.0. The van der Waals surface area contributed by atoms with Crippen molar-refractivity contribution in [1.82, 2.24) is 9.78 Å². The number of aliphatic hydroxyl groups is 1. The molecule has 0 aliphatic rings. The lowest BCUT2D eigenvalue weighted by Crippen LogP contribution is -2.16. The second-order valence-corrected chi connectivity index (χ2v) is 5.31. The molecular weight excluding hydrogens is 279 g/mol. The molecule has 0 saturated carbocycles. The van der Waals surface area contributed by atoms with Gasteiger partial charge in [0.2, 0.25) is 0 Å². The number of aromatic nitrogens is 2. The second-order valence-electron chi connectivity index (χ2n) is 4.90. The number of halogens is 2. The Morgan fingerprint density at radius 2 is 2.10 bits per heavy atom. The summed E-state index contributed by atoms with van der Waals surface area (Å²) in [5.74, 6) is -0.368. The SMILES string of the molecule is CCc1cc(CC(O)Cc2ccc(F)cc2Cl)n(C)n1. The van der Waals surface area contributed by atoms with Gasteiger partial charge in [-0.05, 0) is 30.2 Å². The molecule has 0 amide bonds. The van der Waals surface area contributed by atoms with Gasteiger partial charge in [-0.1, -0.05) is 24.6 Å². The highest BCUT2D eigenvalue weighted by Gasteiger charge is 2.13. The number of nitrogens with zero attached hydrogens (tertiary/aromatic N) is 2. The van der Waals surface area contributed by atoms with Gasteiger partial charge in [0.15, 0.2) is 0 Å². The first-order chi connectivity index (χ1) is 9.49. The van der Waals surface area contributed by atoms with E-state index in [0.717, 1.165) is 23.4 Å². The first kappa shape index (κ1) is 15.0. The van der Waals surface area contributed by atoms with E-state index >= 15 is 0 Å². The zero-order valence-corrected chi connectivity index (χ0v) is 12.4. The lowest BCUT2D eigenvalue weighted by atomic mass is 10.0. The summed E-state index contributed by atoms with van der Waals surface area (Å²) in [6.07, 6.45) is 1.19. The summed E-state index contributed by atoms with van der Waals surface area (Å²) in [7, 11) is 1.87. The van der Waals surface area contributed by atoms with E-state index in [9.17, 15) is 9.50 Å². The Bertz CT molecular complexity index is 598. The van der Waals surface area contributed by atoms with Gasteiger partial charge in [0, 0.05) is 30.6 Å². The van der Waals surface area contributed by atoms with Gasteiger partial charge < -0.3 is 5.11 Å². The fraction of sp³-hybridized carbons (Fsp3) is 0.400. The van der Waals surface area contributed by atoms with Crippen molar-refractivity contribution in [1.29, 1.82) is 0 Å². The normalized spacial score (nSPS) is 12.7. The van der Waals surface area contributed by atoms with Crippen LogP contribution in [0.25, 0.3) is 0 Å². The smallest absolute Gasteiger partial charge is 0.124 e. The van der Waals surface area contributed by atoms with Crippen LogP contribution in [0.3, 0.4) is 0 Å². The number of hydrogen-bond acceptors (Lipinski definition) is 2. The summed E-state index contributed by atoms with van der Waals surface area (Å²) < 4.78 is 14.8. The van der Waals surface area contributed by atoms with Crippen molar-refractivity contribution in [2.24, 2.45) is 7.05 Å². The van der Waals surface area contributed by atoms with Gasteiger partial charge in [-0.15, -0.1) is 0 Å². The predicted octanol–water partition coefficient (Wildman–Crippen LogP) is 2.92. The Hall–Kier alpha value is -1.39. The van der Waals surface area contributed by atoms with Crippen LogP contribution in [0.1, 0.15) is 23.9 Å². The van der Waals surface area contributed by atoms with E-state index in [-0.39, 0.29) is 5.82 Å². The molecule has 0 bridgehead atoms. The number of rotatable bonds is 5. The number of benzene rings is 1. The highest BCUT2D eigenvalue weighted by molar-refractivity contribution is 6.31. The summed E-state index contributed by atoms with van der Waals surface area (Å²) in [5.41, 5.74) is 2.74. The zero-order chi connectivity index (χ0) is 14.7. The Balaban J connectivity index is 2.04. The molecule has 3 nitrogen and oxygen atoms in total. The monoisotopic (exact) mass is 296 g/mol. The highest BCUT2D eigenvalue weighted by Crippen LogP contribution is 2.20. The largest absolute Gasteiger partial charge is 0.392 e. The molecule has 0 aliphatic heterocycles. The van der Waals surface area contributed by atoms with Crippen LogP contribution in [0, 0.1) is 5.82 Å². The average molecular weight is 297 g/mol. The van der Waals surface area contributed by atoms with Crippen LogP contribution in [0.15, 0.2) is 24.3 Å². The predicted molar refractivity (Wildman–Crippen MR) is 77.4 cm³/mol. The molecular formula is C15H18ClFN2O. The first-order valence-electron chi connectivity index (χ1n) is 6.63. The molecule has 1 unspecified atom stereocenters. The average Bonchev–Trinajstić information content (AvgIpc) is 2.74. The van der Waals surface area contributed by atoms with E-state index in [0.29, 0.717) is 17.9 Å². The van der Waals surface area contributed by atoms with Crippen molar-refractivity contribution in [3.63, 3.8) is 0 Å². The molecule has 1 heterocycles. The summed E-state index contributed by atoms with van der Waals surface area (Å²) in [5, 5.41) is 14.9. The molecule has 0 fully saturated rings. The maximum Gasteiger partial charge on any atom is 0.124 e. The van der Waals surface area contributed by atoms with Gasteiger partial charge in [-0.3, -0.25) is 4.68 Å². The molecule has 0 radical (unpaired) electrons. The van der Waals surface area contributed by atoms with Crippen LogP contribution < -0.4 is 0 Å². The van der Waals surface area contributed by atoms with Crippen LogP contribution in [0.5, 0.6) is 0 Å². The Labute approximate surface area is 123 Å². The van der Waals surface area contributed by atoms with Crippen molar-refractivity contribution in [3.8, 4) is 0 Å². The molecule has 1 aromatic carbocycles. The Morgan fingerprint density at radius 1 is 1.35 bits per heavy atom. The second kappa shape index (κ2) is 6.37. The van der Waals surface area contributed by atoms with Crippen LogP contribution >= 0.6 is 11.6 Å². The zero-order valence-electron chi connectivity index (χ0n) is 11.6. The van der Waals surface area contributed by atoms with Crippen molar-refractivity contribution in [2.45, 2.75) is 32.3 Å². The van der Waals surface area contributed by atoms with E-state index in [2.05, 4.69) is 5.10 Å². The fourth-order valence-electron chi connectivity index (χ4n) is 2.19. The van der Waals surface area contributed by atoms with Crippen LogP contribution in [0.4, 0.5) is 4.39 Å². The molecule has 1 atom stereocenters. The van der Waals surface area contributed by atoms with Gasteiger partial charge in [-0.25, -0.2) is 4.39 Å². The van der Waals surface area contributed by atoms with Gasteiger partial charge in [-0.2, -0.15) is 5.10 Å². The molecule has 1 aromatic heterocycles. The number of aryl methyl sites for hydroxylation is 2. The maximum absolute atomic E-state index is 13.0. The molecule has 1 N–H and O–H groups in total. The summed E-state index contributed by atoms with van der Waals surface area (Å²) in [6.45, 7) is 2.04. The van der Waals surface area contributed by atoms with Gasteiger partial charge >= 0.3 is 0 Å². The lowest BCUT2D eigenvalue weighted by Gasteiger charge is -2.12. The van der Waals surface area contributed by atoms with E-state index in [1.165, 1.54) is 12.1 Å². The van der Waals surface area contributed by atoms with Crippen LogP contribution in [-0.2, 0) is 26.3 Å². The minimum Gasteiger partial charge on any atom is -0.392 e. The summed E-state index contributed by atoms with van der Waals surface area (Å²) >= 11 is 5.97. The highest BCUT2D eigenvalue weighted by atomic mass is 35.5. The van der Waals surface area contributed by atoms with Crippen molar-refractivity contribution >= 4 is 11.6 Å². The topological polar surface area (TPSA) is 38.0 Å². The Kier molecular flexibility index (Phi) is 4.78. The van der Waals surface area contributed by atoms with Gasteiger partial charge in [0.05, 0.1) is 11.8 Å². The third-order valence-corrected chi connectivity index (χ3v) is 3.66. The minimum absolute atomic E-state index is 0.350. The first-order valence-corrected chi connectivity index (χ1v) is 7.01. The minimum atomic E-state index is -0.571. The molecule has 0 saturated heterocycles. The molecule has 2 aromatic rings. The molecule has 108 valence electrons. The van der Waals surface area contributed by atoms with E-state index in [4.69, 9.17) is 11.6 Å². The van der Waals surface area contributed by atoms with Gasteiger partial charge in [0.1, 0.15) is 5.82 Å².